The van der Waals surface area contributed by atoms with Crippen LogP contribution in [0.15, 0.2) is 56.5 Å². The van der Waals surface area contributed by atoms with E-state index in [0.717, 1.165) is 9.04 Å². The van der Waals surface area contributed by atoms with E-state index in [9.17, 15) is 9.59 Å². The predicted molar refractivity (Wildman–Crippen MR) is 87.5 cm³/mol. The second-order valence-corrected chi connectivity index (χ2v) is 5.98. The number of benzene rings is 2. The van der Waals surface area contributed by atoms with Crippen molar-refractivity contribution in [2.24, 2.45) is 7.05 Å². The molecule has 0 radical (unpaired) electrons. The van der Waals surface area contributed by atoms with Crippen molar-refractivity contribution in [3.63, 3.8) is 0 Å². The molecule has 3 aromatic rings. The molecule has 0 fully saturated rings. The zero-order valence-electron chi connectivity index (χ0n) is 11.0. The standard InChI is InChI=1S/C15H10BrClN2O2/c1-18-13-6-5-9(16)7-12(13)14(20)19(15(18)21)11-4-2-3-10(17)8-11/h2-8H,1H3. The largest absolute Gasteiger partial charge is 0.335 e. The average Bonchev–Trinajstić information content (AvgIpc) is 2.45. The maximum atomic E-state index is 12.7. The number of rotatable bonds is 1. The zero-order chi connectivity index (χ0) is 15.1. The Morgan fingerprint density at radius 1 is 1.10 bits per heavy atom. The molecule has 0 aliphatic heterocycles. The van der Waals surface area contributed by atoms with Crippen molar-refractivity contribution in [1.82, 2.24) is 9.13 Å². The molecule has 0 bridgehead atoms. The van der Waals surface area contributed by atoms with Crippen LogP contribution >= 0.6 is 27.5 Å². The van der Waals surface area contributed by atoms with E-state index in [-0.39, 0.29) is 5.56 Å². The lowest BCUT2D eigenvalue weighted by Crippen LogP contribution is -2.37. The van der Waals surface area contributed by atoms with Crippen LogP contribution < -0.4 is 11.2 Å². The fraction of sp³-hybridized carbons (Fsp3) is 0.0667. The molecule has 3 rings (SSSR count). The third-order valence-electron chi connectivity index (χ3n) is 3.30. The van der Waals surface area contributed by atoms with E-state index in [0.29, 0.717) is 21.6 Å². The number of nitrogens with zero attached hydrogens (tertiary/aromatic N) is 2. The van der Waals surface area contributed by atoms with Gasteiger partial charge in [0.1, 0.15) is 0 Å². The van der Waals surface area contributed by atoms with Gasteiger partial charge < -0.3 is 0 Å². The van der Waals surface area contributed by atoms with E-state index in [1.165, 1.54) is 4.57 Å². The number of aromatic nitrogens is 2. The van der Waals surface area contributed by atoms with Gasteiger partial charge in [-0.05, 0) is 36.4 Å². The molecule has 2 aromatic carbocycles. The molecule has 0 amide bonds. The van der Waals surface area contributed by atoms with Crippen LogP contribution in [-0.4, -0.2) is 9.13 Å². The Labute approximate surface area is 133 Å². The average molecular weight is 366 g/mol. The van der Waals surface area contributed by atoms with Crippen LogP contribution in [-0.2, 0) is 7.05 Å². The van der Waals surface area contributed by atoms with Crippen LogP contribution in [0, 0.1) is 0 Å². The highest BCUT2D eigenvalue weighted by Gasteiger charge is 2.12. The molecule has 0 aliphatic carbocycles. The van der Waals surface area contributed by atoms with E-state index >= 15 is 0 Å². The van der Waals surface area contributed by atoms with Crippen molar-refractivity contribution in [2.45, 2.75) is 0 Å². The van der Waals surface area contributed by atoms with Crippen LogP contribution in [0.3, 0.4) is 0 Å². The van der Waals surface area contributed by atoms with Crippen LogP contribution in [0.25, 0.3) is 16.6 Å². The molecule has 0 saturated carbocycles. The Bertz CT molecular complexity index is 976. The molecule has 0 unspecified atom stereocenters. The molecule has 0 atom stereocenters. The van der Waals surface area contributed by atoms with Crippen LogP contribution in [0.5, 0.6) is 0 Å². The van der Waals surface area contributed by atoms with Crippen molar-refractivity contribution in [3.05, 3.63) is 72.8 Å². The Hall–Kier alpha value is -1.85. The summed E-state index contributed by atoms with van der Waals surface area (Å²) in [7, 11) is 1.64. The molecule has 0 N–H and O–H groups in total. The summed E-state index contributed by atoms with van der Waals surface area (Å²) in [6.45, 7) is 0. The van der Waals surface area contributed by atoms with Crippen molar-refractivity contribution in [1.29, 1.82) is 0 Å². The van der Waals surface area contributed by atoms with Crippen LogP contribution in [0.4, 0.5) is 0 Å². The number of hydrogen-bond acceptors (Lipinski definition) is 2. The normalized spacial score (nSPS) is 11.0. The minimum atomic E-state index is -0.405. The molecule has 6 heteroatoms. The van der Waals surface area contributed by atoms with Gasteiger partial charge in [-0.2, -0.15) is 0 Å². The Morgan fingerprint density at radius 2 is 1.86 bits per heavy atom. The van der Waals surface area contributed by atoms with Gasteiger partial charge in [0.05, 0.1) is 16.6 Å². The highest BCUT2D eigenvalue weighted by Crippen LogP contribution is 2.17. The first kappa shape index (κ1) is 14.1. The Balaban J connectivity index is 2.49. The quantitative estimate of drug-likeness (QED) is 0.665. The van der Waals surface area contributed by atoms with Gasteiger partial charge in [0.25, 0.3) is 5.56 Å². The monoisotopic (exact) mass is 364 g/mol. The molecule has 0 saturated heterocycles. The molecule has 0 aliphatic rings. The lowest BCUT2D eigenvalue weighted by Gasteiger charge is -2.11. The van der Waals surface area contributed by atoms with Crippen LogP contribution in [0.2, 0.25) is 5.02 Å². The summed E-state index contributed by atoms with van der Waals surface area (Å²) in [5.41, 5.74) is 0.273. The van der Waals surface area contributed by atoms with Gasteiger partial charge in [-0.1, -0.05) is 33.6 Å². The summed E-state index contributed by atoms with van der Waals surface area (Å²) in [5, 5.41) is 0.933. The number of hydrogen-bond donors (Lipinski definition) is 0. The fourth-order valence-electron chi connectivity index (χ4n) is 2.28. The van der Waals surface area contributed by atoms with Gasteiger partial charge >= 0.3 is 5.69 Å². The summed E-state index contributed by atoms with van der Waals surface area (Å²) >= 11 is 9.30. The number of fused-ring (bicyclic) bond motifs is 1. The first-order chi connectivity index (χ1) is 9.99. The second kappa shape index (κ2) is 5.16. The minimum absolute atomic E-state index is 0.364. The SMILES string of the molecule is Cn1c(=O)n(-c2cccc(Cl)c2)c(=O)c2cc(Br)ccc21. The van der Waals surface area contributed by atoms with E-state index in [4.69, 9.17) is 11.6 Å². The van der Waals surface area contributed by atoms with E-state index in [1.54, 1.807) is 49.5 Å². The van der Waals surface area contributed by atoms with Crippen LogP contribution in [0.1, 0.15) is 0 Å². The minimum Gasteiger partial charge on any atom is -0.296 e. The molecule has 1 aromatic heterocycles. The molecular formula is C15H10BrClN2O2. The van der Waals surface area contributed by atoms with Gasteiger partial charge in [0.15, 0.2) is 0 Å². The predicted octanol–water partition coefficient (Wildman–Crippen LogP) is 3.11. The highest BCUT2D eigenvalue weighted by molar-refractivity contribution is 9.10. The summed E-state index contributed by atoms with van der Waals surface area (Å²) in [6, 6.07) is 11.9. The Morgan fingerprint density at radius 3 is 2.57 bits per heavy atom. The maximum absolute atomic E-state index is 12.7. The summed E-state index contributed by atoms with van der Waals surface area (Å²) in [4.78, 5) is 25.1. The van der Waals surface area contributed by atoms with Crippen molar-refractivity contribution < 1.29 is 0 Å². The summed E-state index contributed by atoms with van der Waals surface area (Å²) in [5.74, 6) is 0. The molecular weight excluding hydrogens is 356 g/mol. The van der Waals surface area contributed by atoms with Gasteiger partial charge in [0.2, 0.25) is 0 Å². The summed E-state index contributed by atoms with van der Waals surface area (Å²) in [6.07, 6.45) is 0. The van der Waals surface area contributed by atoms with Gasteiger partial charge in [-0.15, -0.1) is 0 Å². The van der Waals surface area contributed by atoms with Crippen molar-refractivity contribution >= 4 is 38.4 Å². The van der Waals surface area contributed by atoms with Gasteiger partial charge in [0, 0.05) is 16.5 Å². The number of aryl methyl sites for hydroxylation is 1. The topological polar surface area (TPSA) is 44.0 Å². The first-order valence-electron chi connectivity index (χ1n) is 6.16. The maximum Gasteiger partial charge on any atom is 0.335 e. The number of halogens is 2. The van der Waals surface area contributed by atoms with E-state index < -0.39 is 5.69 Å². The molecule has 1 heterocycles. The lowest BCUT2D eigenvalue weighted by molar-refractivity contribution is 0.774. The van der Waals surface area contributed by atoms with Gasteiger partial charge in [-0.3, -0.25) is 9.36 Å². The molecule has 106 valence electrons. The zero-order valence-corrected chi connectivity index (χ0v) is 13.4. The first-order valence-corrected chi connectivity index (χ1v) is 7.33. The smallest absolute Gasteiger partial charge is 0.296 e. The van der Waals surface area contributed by atoms with E-state index in [1.807, 2.05) is 0 Å². The van der Waals surface area contributed by atoms with Crippen molar-refractivity contribution in [3.8, 4) is 5.69 Å². The second-order valence-electron chi connectivity index (χ2n) is 4.62. The summed E-state index contributed by atoms with van der Waals surface area (Å²) < 4.78 is 3.36. The molecule has 21 heavy (non-hydrogen) atoms. The fourth-order valence-corrected chi connectivity index (χ4v) is 2.82. The van der Waals surface area contributed by atoms with Crippen molar-refractivity contribution in [2.75, 3.05) is 0 Å². The molecule has 0 spiro atoms. The van der Waals surface area contributed by atoms with E-state index in [2.05, 4.69) is 15.9 Å². The highest BCUT2D eigenvalue weighted by atomic mass is 79.9. The van der Waals surface area contributed by atoms with Gasteiger partial charge in [-0.25, -0.2) is 9.36 Å². The molecule has 4 nitrogen and oxygen atoms in total. The third kappa shape index (κ3) is 2.32. The third-order valence-corrected chi connectivity index (χ3v) is 4.03. The Kier molecular flexibility index (Phi) is 3.47. The lowest BCUT2D eigenvalue weighted by atomic mass is 10.2.